The lowest BCUT2D eigenvalue weighted by molar-refractivity contribution is -0.156. The molecule has 4 rings (SSSR count). The van der Waals surface area contributed by atoms with Crippen LogP contribution in [-0.2, 0) is 14.4 Å². The van der Waals surface area contributed by atoms with Gasteiger partial charge in [0, 0.05) is 43.1 Å². The first-order chi connectivity index (χ1) is 17.7. The van der Waals surface area contributed by atoms with Crippen molar-refractivity contribution < 1.29 is 24.6 Å². The van der Waals surface area contributed by atoms with Crippen LogP contribution in [0.2, 0.25) is 0 Å². The SMILES string of the molecule is CC1NC(C)C(C(=O)O)C(C2C=CCC(NC(=O)CCN3CCC(c4ccccc4)CC3)=C2)C1C(=O)O. The van der Waals surface area contributed by atoms with Crippen LogP contribution in [0.4, 0.5) is 0 Å². The standard InChI is InChI=1S/C29H39N3O5/c1-18-25(28(34)35)27(26(29(36)37)19(2)30-18)22-9-6-10-23(17-22)31-24(33)13-16-32-14-11-21(12-15-32)20-7-4-3-5-8-20/h3-9,17-19,21-22,25-27,30H,10-16H2,1-2H3,(H,31,33)(H,34,35)(H,36,37). The first kappa shape index (κ1) is 27.1. The van der Waals surface area contributed by atoms with Gasteiger partial charge in [-0.3, -0.25) is 14.4 Å². The van der Waals surface area contributed by atoms with Crippen LogP contribution >= 0.6 is 0 Å². The first-order valence-corrected chi connectivity index (χ1v) is 13.4. The molecular weight excluding hydrogens is 470 g/mol. The number of benzene rings is 1. The molecule has 2 aliphatic heterocycles. The van der Waals surface area contributed by atoms with Gasteiger partial charge in [-0.05, 0) is 57.2 Å². The fourth-order valence-corrected chi connectivity index (χ4v) is 6.50. The molecule has 0 saturated carbocycles. The van der Waals surface area contributed by atoms with E-state index in [0.29, 0.717) is 31.0 Å². The summed E-state index contributed by atoms with van der Waals surface area (Å²) in [5.41, 5.74) is 2.10. The number of carboxylic acids is 2. The molecule has 37 heavy (non-hydrogen) atoms. The zero-order valence-corrected chi connectivity index (χ0v) is 21.7. The number of piperidine rings is 2. The monoisotopic (exact) mass is 509 g/mol. The topological polar surface area (TPSA) is 119 Å². The summed E-state index contributed by atoms with van der Waals surface area (Å²) in [6.45, 7) is 6.23. The van der Waals surface area contributed by atoms with Crippen molar-refractivity contribution in [2.24, 2.45) is 23.7 Å². The van der Waals surface area contributed by atoms with Crippen molar-refractivity contribution >= 4 is 17.8 Å². The highest BCUT2D eigenvalue weighted by molar-refractivity contribution is 5.78. The quantitative estimate of drug-likeness (QED) is 0.397. The lowest BCUT2D eigenvalue weighted by Crippen LogP contribution is -2.60. The van der Waals surface area contributed by atoms with Crippen molar-refractivity contribution in [1.82, 2.24) is 15.5 Å². The van der Waals surface area contributed by atoms with Gasteiger partial charge in [0.2, 0.25) is 5.91 Å². The number of carboxylic acid groups (broad SMARTS) is 2. The Labute approximate surface area is 218 Å². The molecule has 1 aromatic rings. The van der Waals surface area contributed by atoms with E-state index in [1.807, 2.05) is 24.3 Å². The summed E-state index contributed by atoms with van der Waals surface area (Å²) < 4.78 is 0. The number of likely N-dealkylation sites (tertiary alicyclic amines) is 1. The molecule has 2 saturated heterocycles. The Balaban J connectivity index is 1.34. The second-order valence-corrected chi connectivity index (χ2v) is 10.8. The van der Waals surface area contributed by atoms with E-state index in [-0.39, 0.29) is 23.9 Å². The third kappa shape index (κ3) is 6.48. The third-order valence-corrected chi connectivity index (χ3v) is 8.35. The molecule has 5 unspecified atom stereocenters. The highest BCUT2D eigenvalue weighted by atomic mass is 16.4. The molecule has 3 aliphatic rings. The van der Waals surface area contributed by atoms with Gasteiger partial charge < -0.3 is 25.7 Å². The molecule has 0 aromatic heterocycles. The molecule has 200 valence electrons. The Kier molecular flexibility index (Phi) is 8.82. The number of carbonyl (C=O) groups excluding carboxylic acids is 1. The second-order valence-electron chi connectivity index (χ2n) is 10.8. The molecular formula is C29H39N3O5. The van der Waals surface area contributed by atoms with Gasteiger partial charge >= 0.3 is 11.9 Å². The zero-order valence-electron chi connectivity index (χ0n) is 21.7. The average molecular weight is 510 g/mol. The molecule has 0 radical (unpaired) electrons. The molecule has 8 nitrogen and oxygen atoms in total. The molecule has 0 bridgehead atoms. The van der Waals surface area contributed by atoms with Crippen molar-refractivity contribution in [3.63, 3.8) is 0 Å². The summed E-state index contributed by atoms with van der Waals surface area (Å²) >= 11 is 0. The maximum Gasteiger partial charge on any atom is 0.308 e. The van der Waals surface area contributed by atoms with Crippen LogP contribution in [0.25, 0.3) is 0 Å². The summed E-state index contributed by atoms with van der Waals surface area (Å²) in [6, 6.07) is 9.87. The predicted molar refractivity (Wildman–Crippen MR) is 141 cm³/mol. The minimum Gasteiger partial charge on any atom is -0.481 e. The van der Waals surface area contributed by atoms with Crippen LogP contribution in [0.15, 0.2) is 54.3 Å². The lowest BCUT2D eigenvalue weighted by Gasteiger charge is -2.45. The minimum atomic E-state index is -1.00. The first-order valence-electron chi connectivity index (χ1n) is 13.4. The van der Waals surface area contributed by atoms with Crippen molar-refractivity contribution in [2.75, 3.05) is 19.6 Å². The van der Waals surface area contributed by atoms with Gasteiger partial charge in [-0.2, -0.15) is 0 Å². The van der Waals surface area contributed by atoms with Gasteiger partial charge in [0.15, 0.2) is 0 Å². The number of carbonyl (C=O) groups is 3. The van der Waals surface area contributed by atoms with E-state index in [0.717, 1.165) is 25.9 Å². The van der Waals surface area contributed by atoms with Crippen molar-refractivity contribution in [3.05, 3.63) is 59.8 Å². The number of aliphatic carboxylic acids is 2. The average Bonchev–Trinajstić information content (AvgIpc) is 2.87. The number of rotatable bonds is 8. The third-order valence-electron chi connectivity index (χ3n) is 8.35. The minimum absolute atomic E-state index is 0.0675. The highest BCUT2D eigenvalue weighted by Crippen LogP contribution is 2.40. The number of allylic oxidation sites excluding steroid dienone is 3. The van der Waals surface area contributed by atoms with E-state index in [4.69, 9.17) is 0 Å². The van der Waals surface area contributed by atoms with E-state index in [9.17, 15) is 24.6 Å². The molecule has 1 amide bonds. The fourth-order valence-electron chi connectivity index (χ4n) is 6.50. The number of nitrogens with one attached hydrogen (secondary N) is 2. The number of hydrogen-bond donors (Lipinski definition) is 4. The summed E-state index contributed by atoms with van der Waals surface area (Å²) in [6.07, 6.45) is 8.77. The van der Waals surface area contributed by atoms with Gasteiger partial charge in [0.05, 0.1) is 11.8 Å². The maximum atomic E-state index is 12.8. The summed E-state index contributed by atoms with van der Waals surface area (Å²) in [5.74, 6) is -4.19. The van der Waals surface area contributed by atoms with Crippen LogP contribution in [0.3, 0.4) is 0 Å². The van der Waals surface area contributed by atoms with Crippen molar-refractivity contribution in [3.8, 4) is 0 Å². The van der Waals surface area contributed by atoms with E-state index in [1.165, 1.54) is 5.56 Å². The van der Waals surface area contributed by atoms with Crippen molar-refractivity contribution in [2.45, 2.75) is 57.5 Å². The Morgan fingerprint density at radius 3 is 2.22 bits per heavy atom. The Morgan fingerprint density at radius 1 is 1.00 bits per heavy atom. The number of amides is 1. The smallest absolute Gasteiger partial charge is 0.308 e. The van der Waals surface area contributed by atoms with E-state index < -0.39 is 29.7 Å². The van der Waals surface area contributed by atoms with Crippen LogP contribution in [-0.4, -0.2) is 64.7 Å². The van der Waals surface area contributed by atoms with Gasteiger partial charge in [0.1, 0.15) is 0 Å². The molecule has 2 fully saturated rings. The highest BCUT2D eigenvalue weighted by Gasteiger charge is 2.50. The Hall–Kier alpha value is -2.97. The lowest BCUT2D eigenvalue weighted by atomic mass is 9.65. The largest absolute Gasteiger partial charge is 0.481 e. The Bertz CT molecular complexity index is 1010. The molecule has 8 heteroatoms. The van der Waals surface area contributed by atoms with Crippen LogP contribution in [0, 0.1) is 23.7 Å². The van der Waals surface area contributed by atoms with Gasteiger partial charge in [0.25, 0.3) is 0 Å². The normalized spacial score (nSPS) is 30.9. The maximum absolute atomic E-state index is 12.8. The van der Waals surface area contributed by atoms with E-state index in [1.54, 1.807) is 13.8 Å². The fraction of sp³-hybridized carbons (Fsp3) is 0.552. The van der Waals surface area contributed by atoms with Gasteiger partial charge in [-0.1, -0.05) is 48.6 Å². The molecule has 1 aromatic carbocycles. The van der Waals surface area contributed by atoms with Crippen LogP contribution in [0.1, 0.15) is 51.0 Å². The molecule has 0 spiro atoms. The number of nitrogens with zero attached hydrogens (tertiary/aromatic N) is 1. The predicted octanol–water partition coefficient (Wildman–Crippen LogP) is 3.23. The Morgan fingerprint density at radius 2 is 1.62 bits per heavy atom. The number of hydrogen-bond acceptors (Lipinski definition) is 5. The molecule has 5 atom stereocenters. The zero-order chi connectivity index (χ0) is 26.5. The second kappa shape index (κ2) is 12.0. The van der Waals surface area contributed by atoms with Gasteiger partial charge in [-0.15, -0.1) is 0 Å². The summed E-state index contributed by atoms with van der Waals surface area (Å²) in [4.78, 5) is 39.4. The molecule has 2 heterocycles. The van der Waals surface area contributed by atoms with Crippen molar-refractivity contribution in [1.29, 1.82) is 0 Å². The molecule has 1 aliphatic carbocycles. The van der Waals surface area contributed by atoms with Gasteiger partial charge in [-0.25, -0.2) is 0 Å². The van der Waals surface area contributed by atoms with Crippen LogP contribution < -0.4 is 10.6 Å². The van der Waals surface area contributed by atoms with E-state index in [2.05, 4.69) is 39.8 Å². The molecule has 4 N–H and O–H groups in total. The summed E-state index contributed by atoms with van der Waals surface area (Å²) in [5, 5.41) is 26.0. The van der Waals surface area contributed by atoms with E-state index >= 15 is 0 Å². The summed E-state index contributed by atoms with van der Waals surface area (Å²) in [7, 11) is 0. The van der Waals surface area contributed by atoms with Crippen LogP contribution in [0.5, 0.6) is 0 Å².